The molecule has 0 radical (unpaired) electrons. The van der Waals surface area contributed by atoms with Gasteiger partial charge in [-0.05, 0) is 50.5 Å². The van der Waals surface area contributed by atoms with E-state index in [0.29, 0.717) is 17.9 Å². The molecule has 0 aliphatic rings. The molecule has 134 valence electrons. The predicted molar refractivity (Wildman–Crippen MR) is 100 cm³/mol. The van der Waals surface area contributed by atoms with Crippen LogP contribution in [0.15, 0.2) is 42.5 Å². The molecule has 0 saturated heterocycles. The van der Waals surface area contributed by atoms with E-state index < -0.39 is 6.10 Å². The zero-order valence-corrected chi connectivity index (χ0v) is 15.6. The van der Waals surface area contributed by atoms with Gasteiger partial charge in [0.1, 0.15) is 0 Å². The van der Waals surface area contributed by atoms with Gasteiger partial charge in [0.25, 0.3) is 5.91 Å². The van der Waals surface area contributed by atoms with Crippen LogP contribution in [0.3, 0.4) is 0 Å². The third-order valence-corrected chi connectivity index (χ3v) is 4.26. The quantitative estimate of drug-likeness (QED) is 0.814. The van der Waals surface area contributed by atoms with Crippen LogP contribution in [-0.2, 0) is 4.79 Å². The van der Waals surface area contributed by atoms with Crippen molar-refractivity contribution in [2.24, 2.45) is 0 Å². The van der Waals surface area contributed by atoms with Crippen molar-refractivity contribution < 1.29 is 14.3 Å². The normalized spacial score (nSPS) is 13.0. The lowest BCUT2D eigenvalue weighted by Crippen LogP contribution is -2.39. The predicted octanol–water partition coefficient (Wildman–Crippen LogP) is 4.35. The molecule has 2 aromatic carbocycles. The van der Waals surface area contributed by atoms with Crippen LogP contribution >= 0.6 is 0 Å². The Bertz CT molecular complexity index is 727. The van der Waals surface area contributed by atoms with Gasteiger partial charge in [-0.2, -0.15) is 0 Å². The Balaban J connectivity index is 2.10. The van der Waals surface area contributed by atoms with Crippen molar-refractivity contribution in [3.05, 3.63) is 59.2 Å². The van der Waals surface area contributed by atoms with Gasteiger partial charge in [-0.3, -0.25) is 4.79 Å². The van der Waals surface area contributed by atoms with Crippen LogP contribution in [0.4, 0.5) is 0 Å². The van der Waals surface area contributed by atoms with Crippen LogP contribution in [0.25, 0.3) is 0 Å². The number of carbonyl (C=O) groups excluding carboxylic acids is 1. The van der Waals surface area contributed by atoms with Crippen molar-refractivity contribution in [3.8, 4) is 11.5 Å². The highest BCUT2D eigenvalue weighted by Gasteiger charge is 2.22. The summed E-state index contributed by atoms with van der Waals surface area (Å²) < 4.78 is 11.2. The molecule has 2 atom stereocenters. The molecular formula is C21H27NO3. The molecule has 1 N–H and O–H groups in total. The minimum atomic E-state index is -0.566. The number of aryl methyl sites for hydroxylation is 2. The summed E-state index contributed by atoms with van der Waals surface area (Å²) in [6.45, 7) is 8.04. The van der Waals surface area contributed by atoms with E-state index in [1.54, 1.807) is 7.11 Å². The van der Waals surface area contributed by atoms with Crippen LogP contribution in [-0.4, -0.2) is 19.1 Å². The second-order valence-electron chi connectivity index (χ2n) is 6.26. The lowest BCUT2D eigenvalue weighted by Gasteiger charge is -2.22. The number of para-hydroxylation sites is 2. The highest BCUT2D eigenvalue weighted by atomic mass is 16.5. The number of carbonyl (C=O) groups is 1. The van der Waals surface area contributed by atoms with E-state index in [1.807, 2.05) is 38.1 Å². The molecule has 4 heteroatoms. The van der Waals surface area contributed by atoms with E-state index in [9.17, 15) is 4.79 Å². The molecule has 0 aromatic heterocycles. The second-order valence-corrected chi connectivity index (χ2v) is 6.26. The van der Waals surface area contributed by atoms with Crippen LogP contribution in [0.2, 0.25) is 0 Å². The van der Waals surface area contributed by atoms with Crippen LogP contribution < -0.4 is 14.8 Å². The van der Waals surface area contributed by atoms with Gasteiger partial charge < -0.3 is 14.8 Å². The van der Waals surface area contributed by atoms with E-state index in [4.69, 9.17) is 9.47 Å². The fourth-order valence-corrected chi connectivity index (χ4v) is 2.80. The van der Waals surface area contributed by atoms with Crippen LogP contribution in [0.1, 0.15) is 43.0 Å². The molecule has 0 spiro atoms. The van der Waals surface area contributed by atoms with Crippen molar-refractivity contribution in [2.75, 3.05) is 7.11 Å². The van der Waals surface area contributed by atoms with Crippen molar-refractivity contribution in [1.82, 2.24) is 5.32 Å². The monoisotopic (exact) mass is 341 g/mol. The number of hydrogen-bond donors (Lipinski definition) is 1. The summed E-state index contributed by atoms with van der Waals surface area (Å²) in [6.07, 6.45) is 0.00695. The molecule has 25 heavy (non-hydrogen) atoms. The summed E-state index contributed by atoms with van der Waals surface area (Å²) in [4.78, 5) is 12.7. The first-order valence-electron chi connectivity index (χ1n) is 8.63. The number of methoxy groups -OCH3 is 1. The van der Waals surface area contributed by atoms with E-state index in [2.05, 4.69) is 37.4 Å². The topological polar surface area (TPSA) is 47.6 Å². The molecule has 2 aromatic rings. The minimum Gasteiger partial charge on any atom is -0.493 e. The lowest BCUT2D eigenvalue weighted by molar-refractivity contribution is -0.128. The summed E-state index contributed by atoms with van der Waals surface area (Å²) in [7, 11) is 1.59. The third-order valence-electron chi connectivity index (χ3n) is 4.26. The molecule has 1 amide bonds. The van der Waals surface area contributed by atoms with Gasteiger partial charge in [-0.25, -0.2) is 0 Å². The summed E-state index contributed by atoms with van der Waals surface area (Å²) in [5.41, 5.74) is 3.47. The van der Waals surface area contributed by atoms with Crippen molar-refractivity contribution in [3.63, 3.8) is 0 Å². The molecule has 0 fully saturated rings. The van der Waals surface area contributed by atoms with E-state index in [1.165, 1.54) is 5.56 Å². The molecule has 0 heterocycles. The van der Waals surface area contributed by atoms with Crippen LogP contribution in [0.5, 0.6) is 11.5 Å². The first-order chi connectivity index (χ1) is 12.0. The maximum absolute atomic E-state index is 12.7. The average molecular weight is 341 g/mol. The molecule has 0 bridgehead atoms. The highest BCUT2D eigenvalue weighted by Crippen LogP contribution is 2.27. The maximum Gasteiger partial charge on any atom is 0.261 e. The average Bonchev–Trinajstić information content (AvgIpc) is 2.61. The lowest BCUT2D eigenvalue weighted by atomic mass is 10.00. The molecular weight excluding hydrogens is 314 g/mol. The highest BCUT2D eigenvalue weighted by molar-refractivity contribution is 5.81. The van der Waals surface area contributed by atoms with Crippen molar-refractivity contribution in [2.45, 2.75) is 46.3 Å². The number of rotatable bonds is 7. The minimum absolute atomic E-state index is 0.0808. The first kappa shape index (κ1) is 18.8. The Morgan fingerprint density at radius 3 is 2.44 bits per heavy atom. The van der Waals surface area contributed by atoms with Gasteiger partial charge in [-0.15, -0.1) is 0 Å². The van der Waals surface area contributed by atoms with Crippen LogP contribution in [0, 0.1) is 13.8 Å². The third kappa shape index (κ3) is 4.75. The molecule has 0 unspecified atom stereocenters. The number of ether oxygens (including phenoxy) is 2. The number of amides is 1. The van der Waals surface area contributed by atoms with E-state index in [-0.39, 0.29) is 11.9 Å². The largest absolute Gasteiger partial charge is 0.493 e. The number of benzene rings is 2. The SMILES string of the molecule is CC[C@H](Oc1ccccc1OC)C(=O)N[C@@H](C)c1cc(C)ccc1C. The van der Waals surface area contributed by atoms with Gasteiger partial charge in [-0.1, -0.05) is 42.8 Å². The zero-order valence-electron chi connectivity index (χ0n) is 15.6. The fraction of sp³-hybridized carbons (Fsp3) is 0.381. The Hall–Kier alpha value is -2.49. The summed E-state index contributed by atoms with van der Waals surface area (Å²) >= 11 is 0. The zero-order chi connectivity index (χ0) is 18.4. The molecule has 0 aliphatic heterocycles. The Labute approximate surface area is 150 Å². The van der Waals surface area contributed by atoms with Crippen molar-refractivity contribution >= 4 is 5.91 Å². The smallest absolute Gasteiger partial charge is 0.261 e. The number of hydrogen-bond acceptors (Lipinski definition) is 3. The first-order valence-corrected chi connectivity index (χ1v) is 8.63. The van der Waals surface area contributed by atoms with Gasteiger partial charge in [0.05, 0.1) is 13.2 Å². The molecule has 4 nitrogen and oxygen atoms in total. The summed E-state index contributed by atoms with van der Waals surface area (Å²) in [5, 5.41) is 3.07. The molecule has 0 saturated carbocycles. The Kier molecular flexibility index (Phi) is 6.45. The van der Waals surface area contributed by atoms with Gasteiger partial charge in [0.2, 0.25) is 0 Å². The van der Waals surface area contributed by atoms with Gasteiger partial charge in [0.15, 0.2) is 17.6 Å². The Morgan fingerprint density at radius 2 is 1.80 bits per heavy atom. The van der Waals surface area contributed by atoms with Gasteiger partial charge in [0, 0.05) is 0 Å². The van der Waals surface area contributed by atoms with E-state index in [0.717, 1.165) is 11.1 Å². The van der Waals surface area contributed by atoms with E-state index >= 15 is 0 Å². The number of nitrogens with one attached hydrogen (secondary N) is 1. The van der Waals surface area contributed by atoms with Crippen molar-refractivity contribution in [1.29, 1.82) is 0 Å². The Morgan fingerprint density at radius 1 is 1.12 bits per heavy atom. The second kappa shape index (κ2) is 8.56. The summed E-state index contributed by atoms with van der Waals surface area (Å²) in [5.74, 6) is 1.07. The fourth-order valence-electron chi connectivity index (χ4n) is 2.80. The van der Waals surface area contributed by atoms with Gasteiger partial charge >= 0.3 is 0 Å². The maximum atomic E-state index is 12.7. The molecule has 0 aliphatic carbocycles. The standard InChI is InChI=1S/C21H27NO3/c1-6-18(25-20-10-8-7-9-19(20)24-5)21(23)22-16(4)17-13-14(2)11-12-15(17)3/h7-13,16,18H,6H2,1-5H3,(H,22,23)/t16-,18-/m0/s1. The summed E-state index contributed by atoms with van der Waals surface area (Å²) in [6, 6.07) is 13.5. The molecule has 2 rings (SSSR count).